The number of nitrogens with zero attached hydrogens (tertiary/aromatic N) is 2. The third kappa shape index (κ3) is 4.39. The van der Waals surface area contributed by atoms with E-state index in [-0.39, 0.29) is 0 Å². The fraction of sp³-hybridized carbons (Fsp3) is 0.238. The first-order valence-corrected chi connectivity index (χ1v) is 10.4. The molecule has 0 fully saturated rings. The van der Waals surface area contributed by atoms with Crippen LogP contribution in [0.25, 0.3) is 11.0 Å². The minimum Gasteiger partial charge on any atom is -0.495 e. The summed E-state index contributed by atoms with van der Waals surface area (Å²) in [6.45, 7) is 0.441. The highest BCUT2D eigenvalue weighted by atomic mass is 32.2. The van der Waals surface area contributed by atoms with Gasteiger partial charge in [0, 0.05) is 19.2 Å². The lowest BCUT2D eigenvalue weighted by Gasteiger charge is -2.12. The van der Waals surface area contributed by atoms with Crippen molar-refractivity contribution < 1.29 is 23.5 Å². The second-order valence-electron chi connectivity index (χ2n) is 6.61. The van der Waals surface area contributed by atoms with E-state index in [9.17, 15) is 0 Å². The molecule has 0 spiro atoms. The Morgan fingerprint density at radius 2 is 1.75 bits per heavy atom. The Morgan fingerprint density at radius 3 is 2.44 bits per heavy atom. The number of aromatic amines is 1. The second kappa shape index (κ2) is 9.71. The van der Waals surface area contributed by atoms with E-state index in [2.05, 4.69) is 25.4 Å². The van der Waals surface area contributed by atoms with E-state index in [1.165, 1.54) is 11.9 Å². The van der Waals surface area contributed by atoms with Crippen LogP contribution in [-0.2, 0) is 11.3 Å². The summed E-state index contributed by atoms with van der Waals surface area (Å²) >= 11 is 1.32. The van der Waals surface area contributed by atoms with Gasteiger partial charge in [-0.3, -0.25) is 5.10 Å². The normalized spacial score (nSPS) is 10.9. The van der Waals surface area contributed by atoms with Crippen LogP contribution in [0.3, 0.4) is 0 Å². The maximum atomic E-state index is 5.57. The topological polar surface area (TPSA) is 116 Å². The molecule has 0 saturated carbocycles. The van der Waals surface area contributed by atoms with Gasteiger partial charge in [-0.25, -0.2) is 0 Å². The van der Waals surface area contributed by atoms with Crippen molar-refractivity contribution in [2.24, 2.45) is 0 Å². The van der Waals surface area contributed by atoms with Crippen LogP contribution in [0.2, 0.25) is 0 Å². The smallest absolute Gasteiger partial charge is 0.187 e. The van der Waals surface area contributed by atoms with Gasteiger partial charge in [-0.15, -0.1) is 0 Å². The monoisotopic (exact) mass is 457 g/mol. The Hall–Kier alpha value is -3.57. The molecule has 10 nitrogen and oxygen atoms in total. The Balaban J connectivity index is 1.59. The molecule has 3 N–H and O–H groups in total. The Morgan fingerprint density at radius 1 is 1.00 bits per heavy atom. The first kappa shape index (κ1) is 21.7. The molecule has 4 aromatic rings. The van der Waals surface area contributed by atoms with Gasteiger partial charge in [0.1, 0.15) is 22.1 Å². The molecular weight excluding hydrogens is 434 g/mol. The van der Waals surface area contributed by atoms with E-state index in [0.717, 1.165) is 16.0 Å². The predicted molar refractivity (Wildman–Crippen MR) is 122 cm³/mol. The van der Waals surface area contributed by atoms with Crippen molar-refractivity contribution in [2.75, 3.05) is 38.5 Å². The maximum Gasteiger partial charge on any atom is 0.187 e. The molecule has 2 aromatic carbocycles. The van der Waals surface area contributed by atoms with Gasteiger partial charge in [-0.05, 0) is 30.1 Å². The minimum atomic E-state index is 0.441. The van der Waals surface area contributed by atoms with Crippen LogP contribution in [0.1, 0.15) is 5.69 Å². The van der Waals surface area contributed by atoms with Crippen molar-refractivity contribution in [1.29, 1.82) is 0 Å². The number of hydrogen-bond donors (Lipinski definition) is 3. The Kier molecular flexibility index (Phi) is 6.57. The van der Waals surface area contributed by atoms with Crippen LogP contribution in [0.15, 0.2) is 45.8 Å². The highest BCUT2D eigenvalue weighted by molar-refractivity contribution is 8.00. The zero-order valence-corrected chi connectivity index (χ0v) is 18.8. The van der Waals surface area contributed by atoms with E-state index < -0.39 is 0 Å². The molecule has 0 bridgehead atoms. The molecule has 2 aromatic heterocycles. The standard InChI is InChI=1S/C21H23N5O5S/c1-27-11-12-8-19(24-23-12)22-14-10-17-13(9-18(14)30-4)21(25-31-17)26-32-20-15(28-2)6-5-7-16(20)29-3/h5-10H,11H2,1-4H3,(H,25,26)(H2,22,23,24). The number of H-pyrrole nitrogens is 1. The van der Waals surface area contributed by atoms with Gasteiger partial charge in [0.25, 0.3) is 0 Å². The van der Waals surface area contributed by atoms with Crippen molar-refractivity contribution in [2.45, 2.75) is 11.5 Å². The predicted octanol–water partition coefficient (Wildman–Crippen LogP) is 4.59. The number of nitrogens with one attached hydrogen (secondary N) is 3. The highest BCUT2D eigenvalue weighted by Gasteiger charge is 2.17. The van der Waals surface area contributed by atoms with Crippen LogP contribution in [0.4, 0.5) is 17.3 Å². The molecule has 32 heavy (non-hydrogen) atoms. The molecular formula is C21H23N5O5S. The van der Waals surface area contributed by atoms with Crippen molar-refractivity contribution in [1.82, 2.24) is 15.4 Å². The van der Waals surface area contributed by atoms with E-state index in [4.69, 9.17) is 23.5 Å². The van der Waals surface area contributed by atoms with Gasteiger partial charge in [0.05, 0.1) is 44.7 Å². The Labute approximate surface area is 188 Å². The summed E-state index contributed by atoms with van der Waals surface area (Å²) in [5.41, 5.74) is 2.12. The van der Waals surface area contributed by atoms with Crippen LogP contribution < -0.4 is 24.2 Å². The summed E-state index contributed by atoms with van der Waals surface area (Å²) in [4.78, 5) is 0.796. The van der Waals surface area contributed by atoms with E-state index in [0.29, 0.717) is 46.8 Å². The lowest BCUT2D eigenvalue weighted by Crippen LogP contribution is -1.96. The van der Waals surface area contributed by atoms with Crippen molar-refractivity contribution in [3.63, 3.8) is 0 Å². The number of anilines is 3. The molecule has 0 aliphatic rings. The average Bonchev–Trinajstić information content (AvgIpc) is 3.43. The minimum absolute atomic E-state index is 0.441. The van der Waals surface area contributed by atoms with Gasteiger partial charge in [-0.1, -0.05) is 11.2 Å². The molecule has 0 atom stereocenters. The zero-order chi connectivity index (χ0) is 22.5. The third-order valence-corrected chi connectivity index (χ3v) is 5.52. The number of fused-ring (bicyclic) bond motifs is 1. The quantitative estimate of drug-likeness (QED) is 0.292. The lowest BCUT2D eigenvalue weighted by molar-refractivity contribution is 0.181. The molecule has 0 aliphatic carbocycles. The number of hydrogen-bond acceptors (Lipinski definition) is 10. The lowest BCUT2D eigenvalue weighted by atomic mass is 10.2. The number of methoxy groups -OCH3 is 4. The number of benzene rings is 2. The van der Waals surface area contributed by atoms with Crippen molar-refractivity contribution in [3.05, 3.63) is 42.1 Å². The number of aromatic nitrogens is 3. The summed E-state index contributed by atoms with van der Waals surface area (Å²) in [5, 5.41) is 15.3. The van der Waals surface area contributed by atoms with E-state index in [1.54, 1.807) is 28.4 Å². The molecule has 0 radical (unpaired) electrons. The van der Waals surface area contributed by atoms with Gasteiger partial charge < -0.3 is 33.5 Å². The number of rotatable bonds is 10. The van der Waals surface area contributed by atoms with Crippen molar-refractivity contribution in [3.8, 4) is 17.2 Å². The first-order valence-electron chi connectivity index (χ1n) is 9.58. The van der Waals surface area contributed by atoms with Crippen LogP contribution in [-0.4, -0.2) is 43.8 Å². The Bertz CT molecular complexity index is 1190. The highest BCUT2D eigenvalue weighted by Crippen LogP contribution is 2.40. The third-order valence-electron chi connectivity index (χ3n) is 4.62. The molecule has 0 saturated heterocycles. The van der Waals surface area contributed by atoms with Gasteiger partial charge >= 0.3 is 0 Å². The van der Waals surface area contributed by atoms with Crippen LogP contribution in [0.5, 0.6) is 17.2 Å². The van der Waals surface area contributed by atoms with Gasteiger partial charge in [-0.2, -0.15) is 5.10 Å². The summed E-state index contributed by atoms with van der Waals surface area (Å²) in [7, 11) is 6.45. The van der Waals surface area contributed by atoms with E-state index >= 15 is 0 Å². The molecule has 4 rings (SSSR count). The zero-order valence-electron chi connectivity index (χ0n) is 18.0. The van der Waals surface area contributed by atoms with Crippen molar-refractivity contribution >= 4 is 40.2 Å². The van der Waals surface area contributed by atoms with Gasteiger partial charge in [0.2, 0.25) is 0 Å². The van der Waals surface area contributed by atoms with E-state index in [1.807, 2.05) is 36.4 Å². The molecule has 0 unspecified atom stereocenters. The van der Waals surface area contributed by atoms with Gasteiger partial charge in [0.15, 0.2) is 17.2 Å². The van der Waals surface area contributed by atoms with Crippen LogP contribution in [0, 0.1) is 0 Å². The fourth-order valence-corrected chi connectivity index (χ4v) is 3.96. The summed E-state index contributed by atoms with van der Waals surface area (Å²) in [6, 6.07) is 11.1. The fourth-order valence-electron chi connectivity index (χ4n) is 3.11. The summed E-state index contributed by atoms with van der Waals surface area (Å²) < 4.78 is 30.3. The summed E-state index contributed by atoms with van der Waals surface area (Å²) in [6.07, 6.45) is 0. The second-order valence-corrected chi connectivity index (χ2v) is 7.43. The number of ether oxygens (including phenoxy) is 4. The van der Waals surface area contributed by atoms with Crippen LogP contribution >= 0.6 is 11.9 Å². The molecule has 168 valence electrons. The summed E-state index contributed by atoms with van der Waals surface area (Å²) in [5.74, 6) is 3.16. The largest absolute Gasteiger partial charge is 0.495 e. The average molecular weight is 458 g/mol. The maximum absolute atomic E-state index is 5.57. The first-order chi connectivity index (χ1) is 15.7. The molecule has 2 heterocycles. The SMILES string of the molecule is COCc1cc(Nc2cc3onc(NSc4c(OC)cccc4OC)c3cc2OC)n[nH]1. The molecule has 11 heteroatoms. The molecule has 0 amide bonds. The molecule has 0 aliphatic heterocycles.